The predicted molar refractivity (Wildman–Crippen MR) is 103 cm³/mol. The lowest BCUT2D eigenvalue weighted by molar-refractivity contribution is 0.0998. The van der Waals surface area contributed by atoms with Gasteiger partial charge in [-0.3, -0.25) is 4.79 Å². The van der Waals surface area contributed by atoms with Crippen LogP contribution < -0.4 is 14.3 Å². The zero-order valence-corrected chi connectivity index (χ0v) is 16.0. The standard InChI is InChI=1S/C18H15N3O3S2/c1-21-15-12(23-2)6-7-13(24-3)16(15)26-18(21)20-17(22)10-4-5-11-14(8-10)25-9-19-11/h4-9H,1-3H3. The molecule has 0 saturated carbocycles. The summed E-state index contributed by atoms with van der Waals surface area (Å²) >= 11 is 2.89. The minimum atomic E-state index is -0.291. The second kappa shape index (κ2) is 6.54. The van der Waals surface area contributed by atoms with Gasteiger partial charge in [0.2, 0.25) is 0 Å². The number of thiazole rings is 2. The van der Waals surface area contributed by atoms with Crippen LogP contribution in [-0.4, -0.2) is 29.7 Å². The smallest absolute Gasteiger partial charge is 0.279 e. The quantitative estimate of drug-likeness (QED) is 0.540. The number of methoxy groups -OCH3 is 2. The van der Waals surface area contributed by atoms with Crippen LogP contribution in [0.2, 0.25) is 0 Å². The molecule has 0 spiro atoms. The maximum absolute atomic E-state index is 12.7. The average molecular weight is 385 g/mol. The van der Waals surface area contributed by atoms with Gasteiger partial charge in [0, 0.05) is 12.6 Å². The summed E-state index contributed by atoms with van der Waals surface area (Å²) in [5.74, 6) is 1.14. The van der Waals surface area contributed by atoms with Crippen LogP contribution in [0.1, 0.15) is 10.4 Å². The Labute approximate surface area is 157 Å². The molecular weight excluding hydrogens is 370 g/mol. The molecule has 1 amide bonds. The van der Waals surface area contributed by atoms with Gasteiger partial charge in [-0.1, -0.05) is 11.3 Å². The molecule has 6 nitrogen and oxygen atoms in total. The summed E-state index contributed by atoms with van der Waals surface area (Å²) in [5.41, 5.74) is 4.04. The van der Waals surface area contributed by atoms with E-state index in [0.29, 0.717) is 16.1 Å². The van der Waals surface area contributed by atoms with E-state index in [0.717, 1.165) is 26.2 Å². The van der Waals surface area contributed by atoms with Crippen LogP contribution in [0.15, 0.2) is 40.8 Å². The Bertz CT molecular complexity index is 1200. The number of amides is 1. The number of ether oxygens (including phenoxy) is 2. The Morgan fingerprint density at radius 3 is 2.69 bits per heavy atom. The first kappa shape index (κ1) is 16.7. The highest BCUT2D eigenvalue weighted by molar-refractivity contribution is 7.17. The van der Waals surface area contributed by atoms with Gasteiger partial charge in [-0.05, 0) is 30.3 Å². The number of rotatable bonds is 3. The van der Waals surface area contributed by atoms with E-state index in [1.54, 1.807) is 25.8 Å². The van der Waals surface area contributed by atoms with Crippen LogP contribution in [0.3, 0.4) is 0 Å². The van der Waals surface area contributed by atoms with Crippen LogP contribution in [0.5, 0.6) is 11.5 Å². The maximum Gasteiger partial charge on any atom is 0.279 e. The van der Waals surface area contributed by atoms with Gasteiger partial charge in [-0.15, -0.1) is 11.3 Å². The van der Waals surface area contributed by atoms with Gasteiger partial charge in [-0.25, -0.2) is 4.98 Å². The second-order valence-corrected chi connectivity index (χ2v) is 7.41. The highest BCUT2D eigenvalue weighted by Gasteiger charge is 2.15. The van der Waals surface area contributed by atoms with Crippen LogP contribution in [0, 0.1) is 0 Å². The number of aryl methyl sites for hydroxylation is 1. The number of nitrogens with zero attached hydrogens (tertiary/aromatic N) is 3. The summed E-state index contributed by atoms with van der Waals surface area (Å²) in [6, 6.07) is 9.11. The van der Waals surface area contributed by atoms with Crippen molar-refractivity contribution < 1.29 is 14.3 Å². The molecule has 132 valence electrons. The number of carbonyl (C=O) groups is 1. The van der Waals surface area contributed by atoms with Crippen LogP contribution in [-0.2, 0) is 7.05 Å². The van der Waals surface area contributed by atoms with Gasteiger partial charge < -0.3 is 14.0 Å². The Morgan fingerprint density at radius 2 is 1.92 bits per heavy atom. The van der Waals surface area contributed by atoms with Crippen molar-refractivity contribution in [2.24, 2.45) is 12.0 Å². The summed E-state index contributed by atoms with van der Waals surface area (Å²) in [6.45, 7) is 0. The number of carbonyl (C=O) groups excluding carboxylic acids is 1. The van der Waals surface area contributed by atoms with E-state index < -0.39 is 0 Å². The third-order valence-electron chi connectivity index (χ3n) is 4.09. The maximum atomic E-state index is 12.7. The first-order valence-electron chi connectivity index (χ1n) is 7.75. The molecule has 2 aromatic heterocycles. The first-order chi connectivity index (χ1) is 12.6. The third kappa shape index (κ3) is 2.67. The summed E-state index contributed by atoms with van der Waals surface area (Å²) in [4.78, 5) is 21.8. The van der Waals surface area contributed by atoms with E-state index in [1.165, 1.54) is 22.7 Å². The number of hydrogen-bond acceptors (Lipinski definition) is 6. The minimum absolute atomic E-state index is 0.291. The van der Waals surface area contributed by atoms with Crippen molar-refractivity contribution in [3.63, 3.8) is 0 Å². The number of hydrogen-bond donors (Lipinski definition) is 0. The van der Waals surface area contributed by atoms with E-state index in [1.807, 2.05) is 35.9 Å². The van der Waals surface area contributed by atoms with Crippen molar-refractivity contribution in [3.8, 4) is 11.5 Å². The Balaban J connectivity index is 1.87. The topological polar surface area (TPSA) is 65.7 Å². The van der Waals surface area contributed by atoms with Crippen LogP contribution >= 0.6 is 22.7 Å². The average Bonchev–Trinajstić information content (AvgIpc) is 3.25. The highest BCUT2D eigenvalue weighted by atomic mass is 32.1. The van der Waals surface area contributed by atoms with Gasteiger partial charge in [0.05, 0.1) is 29.9 Å². The van der Waals surface area contributed by atoms with Gasteiger partial charge in [-0.2, -0.15) is 4.99 Å². The second-order valence-electron chi connectivity index (χ2n) is 5.54. The van der Waals surface area contributed by atoms with Crippen molar-refractivity contribution in [2.45, 2.75) is 0 Å². The fraction of sp³-hybridized carbons (Fsp3) is 0.167. The van der Waals surface area contributed by atoms with E-state index in [9.17, 15) is 4.79 Å². The lowest BCUT2D eigenvalue weighted by Gasteiger charge is -2.06. The molecule has 4 rings (SSSR count). The molecule has 0 unspecified atom stereocenters. The molecule has 0 N–H and O–H groups in total. The van der Waals surface area contributed by atoms with Crippen molar-refractivity contribution in [1.29, 1.82) is 0 Å². The Hall–Kier alpha value is -2.71. The molecular formula is C18H15N3O3S2. The van der Waals surface area contributed by atoms with E-state index >= 15 is 0 Å². The lowest BCUT2D eigenvalue weighted by Crippen LogP contribution is -2.13. The molecule has 26 heavy (non-hydrogen) atoms. The zero-order valence-electron chi connectivity index (χ0n) is 14.3. The van der Waals surface area contributed by atoms with E-state index in [2.05, 4.69) is 9.98 Å². The molecule has 0 bridgehead atoms. The molecule has 0 saturated heterocycles. The Kier molecular flexibility index (Phi) is 4.21. The predicted octanol–water partition coefficient (Wildman–Crippen LogP) is 3.61. The summed E-state index contributed by atoms with van der Waals surface area (Å²) in [5, 5.41) is 0. The molecule has 8 heteroatoms. The molecule has 2 heterocycles. The molecule has 0 aliphatic rings. The first-order valence-corrected chi connectivity index (χ1v) is 9.45. The molecule has 0 atom stereocenters. The van der Waals surface area contributed by atoms with Crippen molar-refractivity contribution in [3.05, 3.63) is 46.2 Å². The van der Waals surface area contributed by atoms with Gasteiger partial charge >= 0.3 is 0 Å². The number of fused-ring (bicyclic) bond motifs is 2. The summed E-state index contributed by atoms with van der Waals surface area (Å²) in [6.07, 6.45) is 0. The molecule has 0 fully saturated rings. The largest absolute Gasteiger partial charge is 0.495 e. The van der Waals surface area contributed by atoms with Crippen molar-refractivity contribution >= 4 is 49.0 Å². The zero-order chi connectivity index (χ0) is 18.3. The van der Waals surface area contributed by atoms with E-state index in [-0.39, 0.29) is 5.91 Å². The fourth-order valence-corrected chi connectivity index (χ4v) is 4.61. The normalized spacial score (nSPS) is 12.0. The highest BCUT2D eigenvalue weighted by Crippen LogP contribution is 2.34. The number of benzene rings is 2. The van der Waals surface area contributed by atoms with Gasteiger partial charge in [0.1, 0.15) is 21.7 Å². The molecule has 0 radical (unpaired) electrons. The van der Waals surface area contributed by atoms with Crippen LogP contribution in [0.4, 0.5) is 0 Å². The fourth-order valence-electron chi connectivity index (χ4n) is 2.77. The molecule has 4 aromatic rings. The lowest BCUT2D eigenvalue weighted by atomic mass is 10.2. The molecule has 2 aromatic carbocycles. The summed E-state index contributed by atoms with van der Waals surface area (Å²) in [7, 11) is 5.09. The SMILES string of the molecule is COc1ccc(OC)c2c1sc(=NC(=O)c1ccc3ncsc3c1)n2C. The monoisotopic (exact) mass is 385 g/mol. The van der Waals surface area contributed by atoms with E-state index in [4.69, 9.17) is 9.47 Å². The number of aromatic nitrogens is 2. The van der Waals surface area contributed by atoms with Crippen molar-refractivity contribution in [2.75, 3.05) is 14.2 Å². The minimum Gasteiger partial charge on any atom is -0.495 e. The Morgan fingerprint density at radius 1 is 1.15 bits per heavy atom. The van der Waals surface area contributed by atoms with Gasteiger partial charge in [0.15, 0.2) is 4.80 Å². The van der Waals surface area contributed by atoms with Crippen LogP contribution in [0.25, 0.3) is 20.4 Å². The van der Waals surface area contributed by atoms with Crippen molar-refractivity contribution in [1.82, 2.24) is 9.55 Å². The molecule has 0 aliphatic carbocycles. The van der Waals surface area contributed by atoms with Gasteiger partial charge in [0.25, 0.3) is 5.91 Å². The molecule has 0 aliphatic heterocycles. The summed E-state index contributed by atoms with van der Waals surface area (Å²) < 4.78 is 14.6. The third-order valence-corrected chi connectivity index (χ3v) is 6.03.